The van der Waals surface area contributed by atoms with Crippen molar-refractivity contribution in [2.24, 2.45) is 0 Å². The van der Waals surface area contributed by atoms with Crippen molar-refractivity contribution in [1.82, 2.24) is 0 Å². The number of hydrogen-bond donors (Lipinski definition) is 1. The van der Waals surface area contributed by atoms with Gasteiger partial charge in [0.05, 0.1) is 14.2 Å². The Morgan fingerprint density at radius 1 is 0.952 bits per heavy atom. The molecular formula is C17H21NO3. The van der Waals surface area contributed by atoms with Crippen LogP contribution in [0.5, 0.6) is 23.0 Å². The second-order valence-corrected chi connectivity index (χ2v) is 4.75. The van der Waals surface area contributed by atoms with E-state index in [-0.39, 0.29) is 0 Å². The topological polar surface area (TPSA) is 53.7 Å². The number of nitrogen functional groups attached to an aromatic ring is 1. The van der Waals surface area contributed by atoms with E-state index < -0.39 is 0 Å². The third-order valence-corrected chi connectivity index (χ3v) is 3.16. The molecule has 0 aliphatic carbocycles. The molecule has 0 aliphatic heterocycles. The van der Waals surface area contributed by atoms with Gasteiger partial charge in [-0.05, 0) is 48.4 Å². The van der Waals surface area contributed by atoms with Crippen molar-refractivity contribution in [3.63, 3.8) is 0 Å². The summed E-state index contributed by atoms with van der Waals surface area (Å²) in [6, 6.07) is 11.2. The summed E-state index contributed by atoms with van der Waals surface area (Å²) in [5.41, 5.74) is 7.54. The Hall–Kier alpha value is -2.36. The van der Waals surface area contributed by atoms with Crippen LogP contribution in [0.3, 0.4) is 0 Å². The Kier molecular flexibility index (Phi) is 4.93. The summed E-state index contributed by atoms with van der Waals surface area (Å²) in [5, 5.41) is 0. The molecule has 0 heterocycles. The van der Waals surface area contributed by atoms with Gasteiger partial charge in [0, 0.05) is 5.69 Å². The molecule has 4 heteroatoms. The number of nitrogens with two attached hydrogens (primary N) is 1. The van der Waals surface area contributed by atoms with E-state index in [1.165, 1.54) is 0 Å². The van der Waals surface area contributed by atoms with E-state index in [9.17, 15) is 0 Å². The van der Waals surface area contributed by atoms with Gasteiger partial charge in [0.2, 0.25) is 5.75 Å². The van der Waals surface area contributed by atoms with E-state index >= 15 is 0 Å². The lowest BCUT2D eigenvalue weighted by atomic mass is 10.1. The lowest BCUT2D eigenvalue weighted by molar-refractivity contribution is 0.345. The van der Waals surface area contributed by atoms with Crippen LogP contribution in [0.2, 0.25) is 0 Å². The van der Waals surface area contributed by atoms with E-state index in [1.54, 1.807) is 26.4 Å². The molecule has 2 rings (SSSR count). The van der Waals surface area contributed by atoms with Crippen molar-refractivity contribution in [1.29, 1.82) is 0 Å². The zero-order chi connectivity index (χ0) is 15.2. The fraction of sp³-hybridized carbons (Fsp3) is 0.294. The molecule has 0 spiro atoms. The zero-order valence-corrected chi connectivity index (χ0v) is 12.7. The van der Waals surface area contributed by atoms with Gasteiger partial charge in [-0.15, -0.1) is 0 Å². The average Bonchev–Trinajstić information content (AvgIpc) is 2.50. The third kappa shape index (κ3) is 3.60. The predicted molar refractivity (Wildman–Crippen MR) is 84.5 cm³/mol. The van der Waals surface area contributed by atoms with Gasteiger partial charge < -0.3 is 19.9 Å². The molecule has 2 N–H and O–H groups in total. The average molecular weight is 287 g/mol. The SMILES string of the molecule is CCCc1cc(OC)c(Oc2ccc(N)cc2)c(OC)c1. The molecule has 2 aromatic carbocycles. The van der Waals surface area contributed by atoms with Crippen LogP contribution in [0.15, 0.2) is 36.4 Å². The Bertz CT molecular complexity index is 568. The lowest BCUT2D eigenvalue weighted by Crippen LogP contribution is -1.97. The van der Waals surface area contributed by atoms with E-state index in [4.69, 9.17) is 19.9 Å². The highest BCUT2D eigenvalue weighted by atomic mass is 16.5. The molecule has 0 aliphatic rings. The van der Waals surface area contributed by atoms with Crippen molar-refractivity contribution in [2.75, 3.05) is 20.0 Å². The number of rotatable bonds is 6. The van der Waals surface area contributed by atoms with Gasteiger partial charge >= 0.3 is 0 Å². The normalized spacial score (nSPS) is 10.2. The Labute approximate surface area is 125 Å². The molecule has 21 heavy (non-hydrogen) atoms. The number of ether oxygens (including phenoxy) is 3. The standard InChI is InChI=1S/C17H21NO3/c1-4-5-12-10-15(19-2)17(16(11-12)20-3)21-14-8-6-13(18)7-9-14/h6-11H,4-5,18H2,1-3H3. The number of methoxy groups -OCH3 is 2. The number of anilines is 1. The monoisotopic (exact) mass is 287 g/mol. The molecule has 0 unspecified atom stereocenters. The second kappa shape index (κ2) is 6.88. The maximum absolute atomic E-state index is 5.90. The highest BCUT2D eigenvalue weighted by Crippen LogP contribution is 2.41. The number of hydrogen-bond acceptors (Lipinski definition) is 4. The summed E-state index contributed by atoms with van der Waals surface area (Å²) in [5.74, 6) is 2.58. The molecule has 112 valence electrons. The highest BCUT2D eigenvalue weighted by molar-refractivity contribution is 5.56. The molecule has 0 amide bonds. The van der Waals surface area contributed by atoms with Crippen LogP contribution in [0.1, 0.15) is 18.9 Å². The first kappa shape index (κ1) is 15.0. The number of benzene rings is 2. The minimum atomic E-state index is 0.574. The second-order valence-electron chi connectivity index (χ2n) is 4.75. The van der Waals surface area contributed by atoms with Gasteiger partial charge in [0.1, 0.15) is 5.75 Å². The Morgan fingerprint density at radius 3 is 2.00 bits per heavy atom. The van der Waals surface area contributed by atoms with Crippen molar-refractivity contribution >= 4 is 5.69 Å². The summed E-state index contributed by atoms with van der Waals surface area (Å²) >= 11 is 0. The van der Waals surface area contributed by atoms with Crippen LogP contribution in [-0.4, -0.2) is 14.2 Å². The van der Waals surface area contributed by atoms with Crippen LogP contribution in [0.4, 0.5) is 5.69 Å². The van der Waals surface area contributed by atoms with E-state index in [2.05, 4.69) is 6.92 Å². The lowest BCUT2D eigenvalue weighted by Gasteiger charge is -2.16. The number of aryl methyl sites for hydroxylation is 1. The summed E-state index contributed by atoms with van der Waals surface area (Å²) in [7, 11) is 3.25. The first-order valence-electron chi connectivity index (χ1n) is 6.96. The molecule has 0 atom stereocenters. The van der Waals surface area contributed by atoms with Gasteiger partial charge in [0.15, 0.2) is 11.5 Å². The minimum Gasteiger partial charge on any atom is -0.493 e. The van der Waals surface area contributed by atoms with Gasteiger partial charge in [-0.3, -0.25) is 0 Å². The van der Waals surface area contributed by atoms with Crippen molar-refractivity contribution < 1.29 is 14.2 Å². The minimum absolute atomic E-state index is 0.574. The van der Waals surface area contributed by atoms with E-state index in [0.717, 1.165) is 18.4 Å². The van der Waals surface area contributed by atoms with Crippen molar-refractivity contribution in [3.8, 4) is 23.0 Å². The van der Waals surface area contributed by atoms with Gasteiger partial charge in [-0.2, -0.15) is 0 Å². The summed E-state index contributed by atoms with van der Waals surface area (Å²) in [6.07, 6.45) is 2.03. The largest absolute Gasteiger partial charge is 0.493 e. The quantitative estimate of drug-likeness (QED) is 0.815. The highest BCUT2D eigenvalue weighted by Gasteiger charge is 2.15. The molecule has 0 saturated carbocycles. The maximum atomic E-state index is 5.90. The summed E-state index contributed by atoms with van der Waals surface area (Å²) in [6.45, 7) is 2.14. The first-order chi connectivity index (χ1) is 10.2. The van der Waals surface area contributed by atoms with Gasteiger partial charge in [-0.25, -0.2) is 0 Å². The Morgan fingerprint density at radius 2 is 1.52 bits per heavy atom. The predicted octanol–water partition coefficient (Wildman–Crippen LogP) is 4.03. The molecule has 2 aromatic rings. The van der Waals surface area contributed by atoms with Crippen LogP contribution in [-0.2, 0) is 6.42 Å². The van der Waals surface area contributed by atoms with Gasteiger partial charge in [0.25, 0.3) is 0 Å². The fourth-order valence-electron chi connectivity index (χ4n) is 2.12. The van der Waals surface area contributed by atoms with Crippen LogP contribution in [0, 0.1) is 0 Å². The molecular weight excluding hydrogens is 266 g/mol. The maximum Gasteiger partial charge on any atom is 0.211 e. The zero-order valence-electron chi connectivity index (χ0n) is 12.7. The first-order valence-corrected chi connectivity index (χ1v) is 6.96. The summed E-state index contributed by atoms with van der Waals surface area (Å²) < 4.78 is 16.8. The molecule has 0 saturated heterocycles. The smallest absolute Gasteiger partial charge is 0.211 e. The molecule has 0 bridgehead atoms. The van der Waals surface area contributed by atoms with Crippen LogP contribution < -0.4 is 19.9 Å². The van der Waals surface area contributed by atoms with Crippen molar-refractivity contribution in [3.05, 3.63) is 42.0 Å². The third-order valence-electron chi connectivity index (χ3n) is 3.16. The summed E-state index contributed by atoms with van der Waals surface area (Å²) in [4.78, 5) is 0. The molecule has 0 aromatic heterocycles. The molecule has 0 radical (unpaired) electrons. The fourth-order valence-corrected chi connectivity index (χ4v) is 2.12. The molecule has 4 nitrogen and oxygen atoms in total. The van der Waals surface area contributed by atoms with Crippen LogP contribution >= 0.6 is 0 Å². The van der Waals surface area contributed by atoms with E-state index in [1.807, 2.05) is 24.3 Å². The Balaban J connectivity index is 2.38. The van der Waals surface area contributed by atoms with E-state index in [0.29, 0.717) is 28.7 Å². The van der Waals surface area contributed by atoms with Crippen LogP contribution in [0.25, 0.3) is 0 Å². The molecule has 0 fully saturated rings. The van der Waals surface area contributed by atoms with Gasteiger partial charge in [-0.1, -0.05) is 13.3 Å². The van der Waals surface area contributed by atoms with Crippen molar-refractivity contribution in [2.45, 2.75) is 19.8 Å².